The fourth-order valence-corrected chi connectivity index (χ4v) is 4.25. The molecule has 2 heterocycles. The van der Waals surface area contributed by atoms with Crippen LogP contribution in [0, 0.1) is 5.92 Å². The SMILES string of the molecule is CC(C)CCn1c(=O)c2ccccc2n2c(SCCc3ccccc3)nnc12. The Balaban J connectivity index is 1.73. The van der Waals surface area contributed by atoms with Crippen molar-refractivity contribution in [3.63, 3.8) is 0 Å². The molecule has 28 heavy (non-hydrogen) atoms. The predicted octanol–water partition coefficient (Wildman–Crippen LogP) is 4.43. The van der Waals surface area contributed by atoms with Crippen LogP contribution in [-0.2, 0) is 13.0 Å². The van der Waals surface area contributed by atoms with Crippen molar-refractivity contribution in [1.82, 2.24) is 19.2 Å². The molecule has 5 nitrogen and oxygen atoms in total. The number of para-hydroxylation sites is 1. The minimum absolute atomic E-state index is 0.0111. The molecule has 2 aromatic carbocycles. The first-order chi connectivity index (χ1) is 13.6. The van der Waals surface area contributed by atoms with Gasteiger partial charge in [-0.15, -0.1) is 10.2 Å². The van der Waals surface area contributed by atoms with Gasteiger partial charge in [0.05, 0.1) is 10.9 Å². The molecule has 0 unspecified atom stereocenters. The predicted molar refractivity (Wildman–Crippen MR) is 115 cm³/mol. The minimum Gasteiger partial charge on any atom is -0.276 e. The van der Waals surface area contributed by atoms with Gasteiger partial charge in [0.25, 0.3) is 5.56 Å². The summed E-state index contributed by atoms with van der Waals surface area (Å²) in [5.41, 5.74) is 2.19. The molecule has 4 rings (SSSR count). The fourth-order valence-electron chi connectivity index (χ4n) is 3.32. The lowest BCUT2D eigenvalue weighted by molar-refractivity contribution is 0.512. The van der Waals surface area contributed by atoms with Crippen molar-refractivity contribution >= 4 is 28.4 Å². The van der Waals surface area contributed by atoms with Gasteiger partial charge >= 0.3 is 0 Å². The highest BCUT2D eigenvalue weighted by Gasteiger charge is 2.16. The number of thioether (sulfide) groups is 1. The molecule has 0 bridgehead atoms. The third kappa shape index (κ3) is 3.69. The molecular weight excluding hydrogens is 368 g/mol. The van der Waals surface area contributed by atoms with Crippen LogP contribution in [0.4, 0.5) is 0 Å². The second-order valence-electron chi connectivity index (χ2n) is 7.36. The van der Waals surface area contributed by atoms with E-state index in [1.54, 1.807) is 16.3 Å². The van der Waals surface area contributed by atoms with Crippen LogP contribution in [-0.4, -0.2) is 24.9 Å². The zero-order valence-electron chi connectivity index (χ0n) is 16.2. The molecule has 0 radical (unpaired) electrons. The van der Waals surface area contributed by atoms with Crippen molar-refractivity contribution in [1.29, 1.82) is 0 Å². The number of fused-ring (bicyclic) bond motifs is 3. The van der Waals surface area contributed by atoms with E-state index in [0.717, 1.165) is 29.3 Å². The van der Waals surface area contributed by atoms with Crippen LogP contribution in [0.5, 0.6) is 0 Å². The fraction of sp³-hybridized carbons (Fsp3) is 0.318. The summed E-state index contributed by atoms with van der Waals surface area (Å²) < 4.78 is 3.81. The number of aromatic nitrogens is 4. The van der Waals surface area contributed by atoms with Crippen LogP contribution < -0.4 is 5.56 Å². The van der Waals surface area contributed by atoms with Gasteiger partial charge in [-0.1, -0.05) is 68.1 Å². The molecule has 6 heteroatoms. The summed E-state index contributed by atoms with van der Waals surface area (Å²) in [4.78, 5) is 13.0. The van der Waals surface area contributed by atoms with Crippen molar-refractivity contribution < 1.29 is 0 Å². The van der Waals surface area contributed by atoms with Gasteiger partial charge in [-0.2, -0.15) is 0 Å². The number of rotatable bonds is 7. The van der Waals surface area contributed by atoms with Crippen LogP contribution in [0.15, 0.2) is 64.5 Å². The molecule has 0 spiro atoms. The van der Waals surface area contributed by atoms with E-state index in [1.165, 1.54) is 5.56 Å². The van der Waals surface area contributed by atoms with Crippen molar-refractivity contribution in [2.45, 2.75) is 38.4 Å². The molecule has 0 atom stereocenters. The Bertz CT molecular complexity index is 1150. The van der Waals surface area contributed by atoms with Gasteiger partial charge in [-0.05, 0) is 36.5 Å². The maximum atomic E-state index is 13.0. The van der Waals surface area contributed by atoms with E-state index < -0.39 is 0 Å². The Morgan fingerprint density at radius 1 is 1.00 bits per heavy atom. The Morgan fingerprint density at radius 2 is 1.75 bits per heavy atom. The largest absolute Gasteiger partial charge is 0.276 e. The molecule has 0 fully saturated rings. The maximum absolute atomic E-state index is 13.0. The van der Waals surface area contributed by atoms with Crippen molar-refractivity contribution in [3.8, 4) is 0 Å². The van der Waals surface area contributed by atoms with Gasteiger partial charge in [0.1, 0.15) is 0 Å². The molecule has 2 aromatic heterocycles. The number of aryl methyl sites for hydroxylation is 2. The van der Waals surface area contributed by atoms with Gasteiger partial charge < -0.3 is 0 Å². The summed E-state index contributed by atoms with van der Waals surface area (Å²) in [7, 11) is 0. The Hall–Kier alpha value is -2.60. The first-order valence-corrected chi connectivity index (χ1v) is 10.7. The number of benzene rings is 2. The Labute approximate surface area is 168 Å². The smallest absolute Gasteiger partial charge is 0.262 e. The van der Waals surface area contributed by atoms with Gasteiger partial charge in [-0.25, -0.2) is 0 Å². The third-order valence-electron chi connectivity index (χ3n) is 4.87. The van der Waals surface area contributed by atoms with E-state index in [9.17, 15) is 4.79 Å². The first-order valence-electron chi connectivity index (χ1n) is 9.68. The van der Waals surface area contributed by atoms with E-state index in [1.807, 2.05) is 34.7 Å². The van der Waals surface area contributed by atoms with Crippen LogP contribution >= 0.6 is 11.8 Å². The average molecular weight is 393 g/mol. The number of hydrogen-bond donors (Lipinski definition) is 0. The second-order valence-corrected chi connectivity index (χ2v) is 8.42. The quantitative estimate of drug-likeness (QED) is 0.437. The molecule has 0 aliphatic heterocycles. The van der Waals surface area contributed by atoms with Gasteiger partial charge in [0, 0.05) is 12.3 Å². The molecule has 144 valence electrons. The standard InChI is InChI=1S/C22H24N4OS/c1-16(2)12-14-25-20(27)18-10-6-7-11-19(18)26-21(25)23-24-22(26)28-15-13-17-8-4-3-5-9-17/h3-11,16H,12-15H2,1-2H3. The lowest BCUT2D eigenvalue weighted by Gasteiger charge is -2.12. The summed E-state index contributed by atoms with van der Waals surface area (Å²) >= 11 is 1.68. The van der Waals surface area contributed by atoms with Crippen molar-refractivity contribution in [2.24, 2.45) is 5.92 Å². The molecule has 0 saturated heterocycles. The molecule has 0 saturated carbocycles. The summed E-state index contributed by atoms with van der Waals surface area (Å²) in [5.74, 6) is 2.05. The van der Waals surface area contributed by atoms with E-state index >= 15 is 0 Å². The van der Waals surface area contributed by atoms with Crippen LogP contribution in [0.2, 0.25) is 0 Å². The summed E-state index contributed by atoms with van der Waals surface area (Å²) in [6.45, 7) is 4.98. The van der Waals surface area contributed by atoms with E-state index in [0.29, 0.717) is 23.6 Å². The maximum Gasteiger partial charge on any atom is 0.262 e. The normalized spacial score (nSPS) is 11.7. The first kappa shape index (κ1) is 18.7. The van der Waals surface area contributed by atoms with Crippen LogP contribution in [0.3, 0.4) is 0 Å². The molecular formula is C22H24N4OS. The monoisotopic (exact) mass is 392 g/mol. The summed E-state index contributed by atoms with van der Waals surface area (Å²) in [6.07, 6.45) is 1.89. The highest BCUT2D eigenvalue weighted by Crippen LogP contribution is 2.22. The van der Waals surface area contributed by atoms with Crippen molar-refractivity contribution in [3.05, 3.63) is 70.5 Å². The minimum atomic E-state index is 0.0111. The highest BCUT2D eigenvalue weighted by atomic mass is 32.2. The van der Waals surface area contributed by atoms with Crippen LogP contribution in [0.25, 0.3) is 16.7 Å². The average Bonchev–Trinajstić information content (AvgIpc) is 3.12. The van der Waals surface area contributed by atoms with Gasteiger partial charge in [-0.3, -0.25) is 13.8 Å². The van der Waals surface area contributed by atoms with Crippen LogP contribution in [0.1, 0.15) is 25.8 Å². The molecule has 0 amide bonds. The number of nitrogens with zero attached hydrogens (tertiary/aromatic N) is 4. The molecule has 0 aliphatic rings. The molecule has 4 aromatic rings. The highest BCUT2D eigenvalue weighted by molar-refractivity contribution is 7.99. The summed E-state index contributed by atoms with van der Waals surface area (Å²) in [6, 6.07) is 18.2. The van der Waals surface area contributed by atoms with Crippen molar-refractivity contribution in [2.75, 3.05) is 5.75 Å². The Kier molecular flexibility index (Phi) is 5.48. The zero-order valence-corrected chi connectivity index (χ0v) is 17.0. The van der Waals surface area contributed by atoms with Gasteiger partial charge in [0.15, 0.2) is 5.16 Å². The molecule has 0 aliphatic carbocycles. The number of hydrogen-bond acceptors (Lipinski definition) is 4. The Morgan fingerprint density at radius 3 is 2.54 bits per heavy atom. The lowest BCUT2D eigenvalue weighted by atomic mass is 10.1. The van der Waals surface area contributed by atoms with E-state index in [4.69, 9.17) is 0 Å². The van der Waals surface area contributed by atoms with Gasteiger partial charge in [0.2, 0.25) is 5.78 Å². The molecule has 0 N–H and O–H groups in total. The van der Waals surface area contributed by atoms with E-state index in [-0.39, 0.29) is 5.56 Å². The zero-order chi connectivity index (χ0) is 19.5. The third-order valence-corrected chi connectivity index (χ3v) is 5.80. The second kappa shape index (κ2) is 8.19. The topological polar surface area (TPSA) is 52.2 Å². The summed E-state index contributed by atoms with van der Waals surface area (Å²) in [5, 5.41) is 10.4. The van der Waals surface area contributed by atoms with E-state index in [2.05, 4.69) is 48.3 Å². The lowest BCUT2D eigenvalue weighted by Crippen LogP contribution is -2.24.